The molecule has 11 heteroatoms. The van der Waals surface area contributed by atoms with Crippen LogP contribution >= 0.6 is 0 Å². The molecular weight excluding hydrogens is 427 g/mol. The highest BCUT2D eigenvalue weighted by Crippen LogP contribution is 2.29. The molecule has 3 rings (SSSR count). The third kappa shape index (κ3) is 4.92. The van der Waals surface area contributed by atoms with Crippen molar-refractivity contribution in [2.75, 3.05) is 18.2 Å². The number of methoxy groups -OCH3 is 1. The molecule has 0 unspecified atom stereocenters. The molecule has 1 amide bonds. The van der Waals surface area contributed by atoms with Crippen molar-refractivity contribution in [2.45, 2.75) is 44.3 Å². The van der Waals surface area contributed by atoms with Gasteiger partial charge in [0.15, 0.2) is 15.7 Å². The number of rotatable bonds is 7. The van der Waals surface area contributed by atoms with Crippen LogP contribution in [0, 0.1) is 11.7 Å². The lowest BCUT2D eigenvalue weighted by Gasteiger charge is -2.27. The van der Waals surface area contributed by atoms with Crippen molar-refractivity contribution in [3.05, 3.63) is 24.0 Å². The molecule has 168 valence electrons. The Morgan fingerprint density at radius 2 is 2.00 bits per heavy atom. The Hall–Kier alpha value is -2.82. The number of carbonyl (C=O) groups excluding carboxylic acids is 2. The highest BCUT2D eigenvalue weighted by Gasteiger charge is 2.43. The van der Waals surface area contributed by atoms with E-state index in [9.17, 15) is 22.4 Å². The summed E-state index contributed by atoms with van der Waals surface area (Å²) < 4.78 is 43.3. The first kappa shape index (κ1) is 22.9. The van der Waals surface area contributed by atoms with Gasteiger partial charge in [0.05, 0.1) is 18.4 Å². The largest absolute Gasteiger partial charge is 0.497 e. The number of sulfone groups is 1. The Morgan fingerprint density at radius 3 is 2.61 bits per heavy atom. The highest BCUT2D eigenvalue weighted by atomic mass is 32.2. The van der Waals surface area contributed by atoms with Gasteiger partial charge in [-0.2, -0.15) is 4.98 Å². The molecule has 2 aromatic rings. The van der Waals surface area contributed by atoms with Crippen LogP contribution in [-0.4, -0.2) is 52.9 Å². The number of aromatic nitrogens is 3. The molecule has 1 aromatic carbocycles. The number of nitrogens with zero attached hydrogens (tertiary/aromatic N) is 2. The Balaban J connectivity index is 1.71. The fraction of sp³-hybridized carbons (Fsp3) is 0.500. The van der Waals surface area contributed by atoms with Crippen LogP contribution in [0.3, 0.4) is 0 Å². The van der Waals surface area contributed by atoms with Crippen LogP contribution in [-0.2, 0) is 19.4 Å². The van der Waals surface area contributed by atoms with Gasteiger partial charge in [-0.15, -0.1) is 5.10 Å². The van der Waals surface area contributed by atoms with Crippen molar-refractivity contribution >= 4 is 27.5 Å². The van der Waals surface area contributed by atoms with Gasteiger partial charge in [-0.3, -0.25) is 20.0 Å². The average Bonchev–Trinajstić information content (AvgIpc) is 3.17. The Bertz CT molecular complexity index is 1090. The van der Waals surface area contributed by atoms with Crippen LogP contribution < -0.4 is 10.1 Å². The van der Waals surface area contributed by atoms with Gasteiger partial charge in [-0.05, 0) is 44.7 Å². The van der Waals surface area contributed by atoms with Crippen LogP contribution in [0.5, 0.6) is 5.75 Å². The quantitative estimate of drug-likeness (QED) is 0.660. The summed E-state index contributed by atoms with van der Waals surface area (Å²) in [5.41, 5.74) is 0.118. The second-order valence-corrected chi connectivity index (χ2v) is 10.7. The topological polar surface area (TPSA) is 131 Å². The standard InChI is InChI=1S/C20H25FN4O5S/c1-20(2,31(28,29)11-12-4-6-13(26)7-5-12)18(27)23-19-22-17(24-25-19)15-9-8-14(30-3)10-16(15)21/h8-10,12H,4-7,11H2,1-3H3,(H2,22,23,24,25,27). The summed E-state index contributed by atoms with van der Waals surface area (Å²) in [5, 5.41) is 8.76. The van der Waals surface area contributed by atoms with Gasteiger partial charge in [0.2, 0.25) is 11.9 Å². The monoisotopic (exact) mass is 452 g/mol. The number of hydrogen-bond acceptors (Lipinski definition) is 7. The normalized spacial score (nSPS) is 15.7. The molecule has 0 radical (unpaired) electrons. The number of ketones is 1. The van der Waals surface area contributed by atoms with E-state index in [1.54, 1.807) is 6.07 Å². The van der Waals surface area contributed by atoms with Gasteiger partial charge in [-0.25, -0.2) is 12.8 Å². The number of carbonyl (C=O) groups is 2. The second kappa shape index (κ2) is 8.74. The molecule has 2 N–H and O–H groups in total. The minimum Gasteiger partial charge on any atom is -0.497 e. The predicted octanol–water partition coefficient (Wildman–Crippen LogP) is 2.51. The minimum atomic E-state index is -3.82. The van der Waals surface area contributed by atoms with Gasteiger partial charge in [-0.1, -0.05) is 0 Å². The third-order valence-electron chi connectivity index (χ3n) is 5.58. The van der Waals surface area contributed by atoms with E-state index in [4.69, 9.17) is 4.74 Å². The summed E-state index contributed by atoms with van der Waals surface area (Å²) in [7, 11) is -2.40. The lowest BCUT2D eigenvalue weighted by Crippen LogP contribution is -2.47. The molecule has 9 nitrogen and oxygen atoms in total. The Kier molecular flexibility index (Phi) is 6.44. The number of amides is 1. The summed E-state index contributed by atoms with van der Waals surface area (Å²) in [6.45, 7) is 2.64. The number of halogens is 1. The zero-order valence-corrected chi connectivity index (χ0v) is 18.4. The van der Waals surface area contributed by atoms with Crippen LogP contribution in [0.4, 0.5) is 10.3 Å². The summed E-state index contributed by atoms with van der Waals surface area (Å²) in [6, 6.07) is 4.18. The molecule has 0 atom stereocenters. The van der Waals surface area contributed by atoms with E-state index in [0.717, 1.165) is 0 Å². The zero-order chi connectivity index (χ0) is 22.8. The molecule has 1 aliphatic rings. The van der Waals surface area contributed by atoms with Gasteiger partial charge in [0.25, 0.3) is 0 Å². The molecule has 1 fully saturated rings. The predicted molar refractivity (Wildman–Crippen MR) is 112 cm³/mol. The van der Waals surface area contributed by atoms with Crippen LogP contribution in [0.15, 0.2) is 18.2 Å². The van der Waals surface area contributed by atoms with Crippen molar-refractivity contribution in [3.63, 3.8) is 0 Å². The first-order chi connectivity index (χ1) is 14.5. The SMILES string of the molecule is COc1ccc(-c2nc(NC(=O)C(C)(C)S(=O)(=O)CC3CCC(=O)CC3)n[nH]2)c(F)c1. The van der Waals surface area contributed by atoms with Gasteiger partial charge in [0.1, 0.15) is 22.1 Å². The zero-order valence-electron chi connectivity index (χ0n) is 17.6. The molecule has 0 saturated heterocycles. The summed E-state index contributed by atoms with van der Waals surface area (Å²) in [5.74, 6) is -1.32. The highest BCUT2D eigenvalue weighted by molar-refractivity contribution is 7.93. The molecule has 31 heavy (non-hydrogen) atoms. The van der Waals surface area contributed by atoms with Gasteiger partial charge >= 0.3 is 0 Å². The molecule has 1 aromatic heterocycles. The lowest BCUT2D eigenvalue weighted by molar-refractivity contribution is -0.121. The fourth-order valence-corrected chi connectivity index (χ4v) is 5.04. The van der Waals surface area contributed by atoms with E-state index in [2.05, 4.69) is 20.5 Å². The van der Waals surface area contributed by atoms with Crippen molar-refractivity contribution in [1.29, 1.82) is 0 Å². The molecule has 1 saturated carbocycles. The molecule has 0 bridgehead atoms. The van der Waals surface area contributed by atoms with Crippen molar-refractivity contribution in [1.82, 2.24) is 15.2 Å². The van der Waals surface area contributed by atoms with E-state index < -0.39 is 26.3 Å². The van der Waals surface area contributed by atoms with Crippen LogP contribution in [0.1, 0.15) is 39.5 Å². The van der Waals surface area contributed by atoms with E-state index in [-0.39, 0.29) is 34.8 Å². The molecular formula is C20H25FN4O5S. The third-order valence-corrected chi connectivity index (χ3v) is 8.24. The average molecular weight is 453 g/mol. The van der Waals surface area contributed by atoms with E-state index in [1.807, 2.05) is 0 Å². The maximum atomic E-state index is 14.2. The number of benzene rings is 1. The Morgan fingerprint density at radius 1 is 1.32 bits per heavy atom. The van der Waals surface area contributed by atoms with Crippen molar-refractivity contribution < 1.29 is 27.1 Å². The van der Waals surface area contributed by atoms with Crippen LogP contribution in [0.2, 0.25) is 0 Å². The van der Waals surface area contributed by atoms with Crippen molar-refractivity contribution in [2.24, 2.45) is 5.92 Å². The Labute approximate surface area is 179 Å². The first-order valence-electron chi connectivity index (χ1n) is 9.85. The second-order valence-electron chi connectivity index (χ2n) is 8.08. The van der Waals surface area contributed by atoms with E-state index in [0.29, 0.717) is 31.4 Å². The molecule has 0 spiro atoms. The fourth-order valence-electron chi connectivity index (χ4n) is 3.33. The summed E-state index contributed by atoms with van der Waals surface area (Å²) in [6.07, 6.45) is 1.75. The van der Waals surface area contributed by atoms with Gasteiger partial charge in [0, 0.05) is 18.9 Å². The summed E-state index contributed by atoms with van der Waals surface area (Å²) >= 11 is 0. The number of aromatic amines is 1. The number of ether oxygens (including phenoxy) is 1. The number of anilines is 1. The molecule has 1 heterocycles. The smallest absolute Gasteiger partial charge is 0.249 e. The maximum absolute atomic E-state index is 14.2. The number of H-pyrrole nitrogens is 1. The molecule has 1 aliphatic carbocycles. The first-order valence-corrected chi connectivity index (χ1v) is 11.5. The molecule has 0 aliphatic heterocycles. The minimum absolute atomic E-state index is 0.0722. The van der Waals surface area contributed by atoms with Crippen molar-refractivity contribution in [3.8, 4) is 17.1 Å². The number of Topliss-reactive ketones (excluding diaryl/α,β-unsaturated/α-hetero) is 1. The van der Waals surface area contributed by atoms with E-state index >= 15 is 0 Å². The van der Waals surface area contributed by atoms with Crippen LogP contribution in [0.25, 0.3) is 11.4 Å². The van der Waals surface area contributed by atoms with E-state index in [1.165, 1.54) is 33.1 Å². The van der Waals surface area contributed by atoms with Gasteiger partial charge < -0.3 is 4.74 Å². The number of nitrogens with one attached hydrogen (secondary N) is 2. The lowest BCUT2D eigenvalue weighted by atomic mass is 9.90. The summed E-state index contributed by atoms with van der Waals surface area (Å²) in [4.78, 5) is 28.2. The number of hydrogen-bond donors (Lipinski definition) is 2. The maximum Gasteiger partial charge on any atom is 0.249 e.